The molecule has 0 amide bonds. The van der Waals surface area contributed by atoms with Crippen LogP contribution in [0.5, 0.6) is 0 Å². The maximum atomic E-state index is 5.35. The lowest BCUT2D eigenvalue weighted by atomic mass is 10.3. The molecule has 2 N–H and O–H groups in total. The molecule has 0 aromatic carbocycles. The van der Waals surface area contributed by atoms with Crippen LogP contribution in [0.1, 0.15) is 18.9 Å². The van der Waals surface area contributed by atoms with Gasteiger partial charge in [-0.3, -0.25) is 4.90 Å². The molecule has 0 atom stereocenters. The summed E-state index contributed by atoms with van der Waals surface area (Å²) in [6.07, 6.45) is 2.93. The van der Waals surface area contributed by atoms with Gasteiger partial charge >= 0.3 is 0 Å². The van der Waals surface area contributed by atoms with Gasteiger partial charge in [-0.1, -0.05) is 6.92 Å². The second kappa shape index (κ2) is 8.01. The molecule has 0 unspecified atom stereocenters. The Bertz CT molecular complexity index is 407. The van der Waals surface area contributed by atoms with E-state index in [1.807, 2.05) is 13.1 Å². The van der Waals surface area contributed by atoms with E-state index in [-0.39, 0.29) is 0 Å². The van der Waals surface area contributed by atoms with Crippen LogP contribution < -0.4 is 10.6 Å². The van der Waals surface area contributed by atoms with E-state index in [1.165, 1.54) is 0 Å². The number of aryl methyl sites for hydroxylation is 1. The minimum atomic E-state index is 0.700. The molecule has 1 aliphatic heterocycles. The first-order valence-corrected chi connectivity index (χ1v) is 7.41. The summed E-state index contributed by atoms with van der Waals surface area (Å²) in [6, 6.07) is 0. The third kappa shape index (κ3) is 4.61. The first-order chi connectivity index (χ1) is 9.79. The Morgan fingerprint density at radius 3 is 2.80 bits per heavy atom. The molecule has 6 nitrogen and oxygen atoms in total. The third-order valence-electron chi connectivity index (χ3n) is 3.33. The number of hydrogen-bond donors (Lipinski definition) is 2. The highest BCUT2D eigenvalue weighted by atomic mass is 16.5. The van der Waals surface area contributed by atoms with Crippen LogP contribution in [0.25, 0.3) is 0 Å². The zero-order chi connectivity index (χ0) is 14.2. The average molecular weight is 279 g/mol. The Hall–Kier alpha value is -1.40. The summed E-state index contributed by atoms with van der Waals surface area (Å²) in [5.74, 6) is 1.62. The standard InChI is InChI=1S/C14H25N5O/c1-3-4-16-14-17-11-12(2)13(18-14)15-5-6-19-7-9-20-10-8-19/h11H,3-10H2,1-2H3,(H2,15,16,17,18). The van der Waals surface area contributed by atoms with E-state index in [0.29, 0.717) is 5.95 Å². The zero-order valence-electron chi connectivity index (χ0n) is 12.5. The first-order valence-electron chi connectivity index (χ1n) is 7.41. The molecule has 2 rings (SSSR count). The van der Waals surface area contributed by atoms with Crippen molar-refractivity contribution in [3.8, 4) is 0 Å². The third-order valence-corrected chi connectivity index (χ3v) is 3.33. The number of anilines is 2. The van der Waals surface area contributed by atoms with Crippen LogP contribution in [-0.2, 0) is 4.74 Å². The predicted octanol–water partition coefficient (Wildman–Crippen LogP) is 1.35. The molecule has 1 aromatic heterocycles. The van der Waals surface area contributed by atoms with Gasteiger partial charge in [-0.2, -0.15) is 4.98 Å². The van der Waals surface area contributed by atoms with E-state index in [9.17, 15) is 0 Å². The van der Waals surface area contributed by atoms with E-state index in [1.54, 1.807) is 0 Å². The first kappa shape index (κ1) is 15.0. The van der Waals surface area contributed by atoms with Gasteiger partial charge < -0.3 is 15.4 Å². The normalized spacial score (nSPS) is 16.1. The van der Waals surface area contributed by atoms with Gasteiger partial charge in [0.15, 0.2) is 0 Å². The average Bonchev–Trinajstić information content (AvgIpc) is 2.49. The number of aromatic nitrogens is 2. The SMILES string of the molecule is CCCNc1ncc(C)c(NCCN2CCOCC2)n1. The molecule has 0 aliphatic carbocycles. The van der Waals surface area contributed by atoms with Gasteiger partial charge in [-0.05, 0) is 13.3 Å². The molecule has 1 fully saturated rings. The summed E-state index contributed by atoms with van der Waals surface area (Å²) in [6.45, 7) is 10.7. The van der Waals surface area contributed by atoms with Crippen molar-refractivity contribution in [2.45, 2.75) is 20.3 Å². The lowest BCUT2D eigenvalue weighted by molar-refractivity contribution is 0.0398. The summed E-state index contributed by atoms with van der Waals surface area (Å²) in [4.78, 5) is 11.2. The second-order valence-corrected chi connectivity index (χ2v) is 5.03. The van der Waals surface area contributed by atoms with E-state index < -0.39 is 0 Å². The number of nitrogens with zero attached hydrogens (tertiary/aromatic N) is 3. The summed E-state index contributed by atoms with van der Waals surface area (Å²) in [5.41, 5.74) is 1.08. The molecular formula is C14H25N5O. The molecule has 0 spiro atoms. The lowest BCUT2D eigenvalue weighted by Gasteiger charge is -2.26. The Balaban J connectivity index is 1.81. The molecule has 0 radical (unpaired) electrons. The van der Waals surface area contributed by atoms with Crippen LogP contribution in [0.2, 0.25) is 0 Å². The maximum absolute atomic E-state index is 5.35. The topological polar surface area (TPSA) is 62.3 Å². The van der Waals surface area contributed by atoms with Crippen molar-refractivity contribution < 1.29 is 4.74 Å². The fourth-order valence-corrected chi connectivity index (χ4v) is 2.10. The molecule has 20 heavy (non-hydrogen) atoms. The molecule has 6 heteroatoms. The van der Waals surface area contributed by atoms with Crippen LogP contribution in [0.15, 0.2) is 6.20 Å². The Labute approximate surface area is 120 Å². The zero-order valence-corrected chi connectivity index (χ0v) is 12.5. The van der Waals surface area contributed by atoms with Crippen molar-refractivity contribution in [3.63, 3.8) is 0 Å². The molecule has 0 bridgehead atoms. The molecule has 1 aliphatic rings. The van der Waals surface area contributed by atoms with Crippen LogP contribution >= 0.6 is 0 Å². The molecule has 1 saturated heterocycles. The second-order valence-electron chi connectivity index (χ2n) is 5.03. The number of nitrogens with one attached hydrogen (secondary N) is 2. The lowest BCUT2D eigenvalue weighted by Crippen LogP contribution is -2.39. The predicted molar refractivity (Wildman–Crippen MR) is 81.3 cm³/mol. The Kier molecular flexibility index (Phi) is 6.01. The summed E-state index contributed by atoms with van der Waals surface area (Å²) in [5, 5.41) is 6.62. The Morgan fingerprint density at radius 1 is 1.25 bits per heavy atom. The smallest absolute Gasteiger partial charge is 0.224 e. The van der Waals surface area contributed by atoms with E-state index >= 15 is 0 Å². The summed E-state index contributed by atoms with van der Waals surface area (Å²) >= 11 is 0. The van der Waals surface area contributed by atoms with Crippen LogP contribution in [0.4, 0.5) is 11.8 Å². The number of morpholine rings is 1. The van der Waals surface area contributed by atoms with E-state index in [2.05, 4.69) is 32.4 Å². The molecular weight excluding hydrogens is 254 g/mol. The van der Waals surface area contributed by atoms with Crippen molar-refractivity contribution in [1.29, 1.82) is 0 Å². The maximum Gasteiger partial charge on any atom is 0.224 e. The number of hydrogen-bond acceptors (Lipinski definition) is 6. The monoisotopic (exact) mass is 279 g/mol. The van der Waals surface area contributed by atoms with E-state index in [0.717, 1.165) is 63.7 Å². The van der Waals surface area contributed by atoms with Gasteiger partial charge in [0.05, 0.1) is 13.2 Å². The largest absolute Gasteiger partial charge is 0.379 e. The minimum Gasteiger partial charge on any atom is -0.379 e. The van der Waals surface area contributed by atoms with Crippen LogP contribution in [-0.4, -0.2) is 60.8 Å². The summed E-state index contributed by atoms with van der Waals surface area (Å²) < 4.78 is 5.35. The van der Waals surface area contributed by atoms with Gasteiger partial charge in [-0.25, -0.2) is 4.98 Å². The van der Waals surface area contributed by atoms with Gasteiger partial charge in [-0.15, -0.1) is 0 Å². The van der Waals surface area contributed by atoms with Crippen molar-refractivity contribution in [1.82, 2.24) is 14.9 Å². The van der Waals surface area contributed by atoms with Crippen molar-refractivity contribution in [2.75, 3.05) is 56.6 Å². The van der Waals surface area contributed by atoms with Gasteiger partial charge in [0, 0.05) is 44.5 Å². The fraction of sp³-hybridized carbons (Fsp3) is 0.714. The molecule has 0 saturated carbocycles. The van der Waals surface area contributed by atoms with E-state index in [4.69, 9.17) is 4.74 Å². The number of rotatable bonds is 7. The minimum absolute atomic E-state index is 0.700. The molecule has 2 heterocycles. The highest BCUT2D eigenvalue weighted by Gasteiger charge is 2.10. The van der Waals surface area contributed by atoms with Gasteiger partial charge in [0.2, 0.25) is 5.95 Å². The highest BCUT2D eigenvalue weighted by molar-refractivity contribution is 5.46. The summed E-state index contributed by atoms with van der Waals surface area (Å²) in [7, 11) is 0. The molecule has 112 valence electrons. The molecule has 1 aromatic rings. The van der Waals surface area contributed by atoms with Gasteiger partial charge in [0.1, 0.15) is 5.82 Å². The number of ether oxygens (including phenoxy) is 1. The quantitative estimate of drug-likeness (QED) is 0.785. The highest BCUT2D eigenvalue weighted by Crippen LogP contribution is 2.12. The van der Waals surface area contributed by atoms with Crippen LogP contribution in [0.3, 0.4) is 0 Å². The fourth-order valence-electron chi connectivity index (χ4n) is 2.10. The van der Waals surface area contributed by atoms with Crippen molar-refractivity contribution in [3.05, 3.63) is 11.8 Å². The Morgan fingerprint density at radius 2 is 2.05 bits per heavy atom. The van der Waals surface area contributed by atoms with Crippen LogP contribution in [0, 0.1) is 6.92 Å². The van der Waals surface area contributed by atoms with Crippen molar-refractivity contribution in [2.24, 2.45) is 0 Å². The van der Waals surface area contributed by atoms with Gasteiger partial charge in [0.25, 0.3) is 0 Å². The van der Waals surface area contributed by atoms with Crippen molar-refractivity contribution >= 4 is 11.8 Å².